The number of nitrogens with zero attached hydrogens (tertiary/aromatic N) is 5. The Morgan fingerprint density at radius 1 is 1.30 bits per heavy atom. The Morgan fingerprint density at radius 2 is 2.13 bits per heavy atom. The Hall–Kier alpha value is -2.41. The molecule has 7 heteroatoms. The van der Waals surface area contributed by atoms with Gasteiger partial charge in [-0.1, -0.05) is 0 Å². The minimum absolute atomic E-state index is 0.0838. The predicted octanol–water partition coefficient (Wildman–Crippen LogP) is 1.47. The minimum Gasteiger partial charge on any atom is -0.293 e. The lowest BCUT2D eigenvalue weighted by Gasteiger charge is -2.35. The van der Waals surface area contributed by atoms with Crippen LogP contribution in [0.2, 0.25) is 0 Å². The van der Waals surface area contributed by atoms with Gasteiger partial charge in [0.15, 0.2) is 0 Å². The molecule has 1 amide bonds. The number of hydrogen-bond donors (Lipinski definition) is 1. The number of piperidine rings is 1. The van der Waals surface area contributed by atoms with Gasteiger partial charge in [-0.05, 0) is 38.4 Å². The first-order valence-electron chi connectivity index (χ1n) is 7.82. The minimum atomic E-state index is -0.233. The molecule has 0 aromatic carbocycles. The summed E-state index contributed by atoms with van der Waals surface area (Å²) in [4.78, 5) is 31.0. The van der Waals surface area contributed by atoms with Gasteiger partial charge in [-0.25, -0.2) is 19.9 Å². The number of hydrogen-bond acceptors (Lipinski definition) is 6. The zero-order chi connectivity index (χ0) is 16.1. The van der Waals surface area contributed by atoms with Crippen LogP contribution in [0, 0.1) is 0 Å². The molecule has 0 radical (unpaired) electrons. The van der Waals surface area contributed by atoms with Crippen molar-refractivity contribution in [3.63, 3.8) is 0 Å². The van der Waals surface area contributed by atoms with E-state index in [4.69, 9.17) is 0 Å². The Bertz CT molecular complexity index is 636. The third kappa shape index (κ3) is 3.87. The SMILES string of the molecule is CC(C(=O)Nc1ncccn1)N1CCCC(c2ccncn2)C1. The lowest BCUT2D eigenvalue weighted by atomic mass is 9.93. The molecule has 1 fully saturated rings. The van der Waals surface area contributed by atoms with Crippen LogP contribution in [0.3, 0.4) is 0 Å². The molecule has 2 atom stereocenters. The number of nitrogens with one attached hydrogen (secondary N) is 1. The zero-order valence-electron chi connectivity index (χ0n) is 13.1. The van der Waals surface area contributed by atoms with E-state index < -0.39 is 0 Å². The van der Waals surface area contributed by atoms with E-state index in [9.17, 15) is 4.79 Å². The highest BCUT2D eigenvalue weighted by atomic mass is 16.2. The van der Waals surface area contributed by atoms with E-state index in [-0.39, 0.29) is 11.9 Å². The van der Waals surface area contributed by atoms with Crippen LogP contribution in [-0.2, 0) is 4.79 Å². The van der Waals surface area contributed by atoms with Crippen LogP contribution in [0.15, 0.2) is 37.1 Å². The summed E-state index contributed by atoms with van der Waals surface area (Å²) in [6, 6.07) is 3.44. The van der Waals surface area contributed by atoms with Crippen molar-refractivity contribution in [2.45, 2.75) is 31.7 Å². The maximum atomic E-state index is 12.4. The maximum absolute atomic E-state index is 12.4. The van der Waals surface area contributed by atoms with Crippen molar-refractivity contribution in [1.29, 1.82) is 0 Å². The zero-order valence-corrected chi connectivity index (χ0v) is 13.1. The van der Waals surface area contributed by atoms with Crippen molar-refractivity contribution in [2.24, 2.45) is 0 Å². The second kappa shape index (κ2) is 7.23. The highest BCUT2D eigenvalue weighted by Crippen LogP contribution is 2.26. The molecular weight excluding hydrogens is 292 g/mol. The van der Waals surface area contributed by atoms with Crippen LogP contribution in [-0.4, -0.2) is 49.9 Å². The Labute approximate surface area is 135 Å². The van der Waals surface area contributed by atoms with Crippen molar-refractivity contribution < 1.29 is 4.79 Å². The fourth-order valence-corrected chi connectivity index (χ4v) is 2.89. The Morgan fingerprint density at radius 3 is 2.87 bits per heavy atom. The standard InChI is InChI=1S/C16H20N6O/c1-12(15(23)21-16-18-6-3-7-19-16)22-9-2-4-13(10-22)14-5-8-17-11-20-14/h3,5-8,11-13H,2,4,9-10H2,1H3,(H,18,19,21,23). The molecule has 2 aromatic heterocycles. The molecule has 3 heterocycles. The summed E-state index contributed by atoms with van der Waals surface area (Å²) < 4.78 is 0. The highest BCUT2D eigenvalue weighted by molar-refractivity contribution is 5.93. The van der Waals surface area contributed by atoms with Crippen molar-refractivity contribution in [2.75, 3.05) is 18.4 Å². The highest BCUT2D eigenvalue weighted by Gasteiger charge is 2.28. The van der Waals surface area contributed by atoms with E-state index in [1.807, 2.05) is 13.0 Å². The largest absolute Gasteiger partial charge is 0.293 e. The number of carbonyl (C=O) groups excluding carboxylic acids is 1. The number of rotatable bonds is 4. The van der Waals surface area contributed by atoms with Crippen LogP contribution in [0.5, 0.6) is 0 Å². The molecule has 3 rings (SSSR count). The van der Waals surface area contributed by atoms with Gasteiger partial charge in [0.1, 0.15) is 6.33 Å². The third-order valence-electron chi connectivity index (χ3n) is 4.20. The van der Waals surface area contributed by atoms with E-state index >= 15 is 0 Å². The molecule has 0 aliphatic carbocycles. The van der Waals surface area contributed by atoms with Gasteiger partial charge >= 0.3 is 0 Å². The monoisotopic (exact) mass is 312 g/mol. The van der Waals surface area contributed by atoms with Crippen molar-refractivity contribution in [3.05, 3.63) is 42.7 Å². The number of anilines is 1. The average molecular weight is 312 g/mol. The number of likely N-dealkylation sites (tertiary alicyclic amines) is 1. The number of amides is 1. The van der Waals surface area contributed by atoms with E-state index in [2.05, 4.69) is 30.2 Å². The van der Waals surface area contributed by atoms with Gasteiger partial charge < -0.3 is 0 Å². The molecule has 1 aliphatic rings. The molecule has 2 aromatic rings. The number of aromatic nitrogens is 4. The van der Waals surface area contributed by atoms with Gasteiger partial charge in [-0.15, -0.1) is 0 Å². The Balaban J connectivity index is 1.62. The van der Waals surface area contributed by atoms with Crippen LogP contribution >= 0.6 is 0 Å². The lowest BCUT2D eigenvalue weighted by molar-refractivity contribution is -0.121. The van der Waals surface area contributed by atoms with Gasteiger partial charge in [0, 0.05) is 36.7 Å². The van der Waals surface area contributed by atoms with Gasteiger partial charge in [-0.2, -0.15) is 0 Å². The van der Waals surface area contributed by atoms with Gasteiger partial charge in [0.05, 0.1) is 6.04 Å². The van der Waals surface area contributed by atoms with Crippen LogP contribution in [0.4, 0.5) is 5.95 Å². The van der Waals surface area contributed by atoms with Gasteiger partial charge in [0.25, 0.3) is 0 Å². The van der Waals surface area contributed by atoms with E-state index in [1.165, 1.54) is 0 Å². The van der Waals surface area contributed by atoms with Crippen LogP contribution in [0.25, 0.3) is 0 Å². The summed E-state index contributed by atoms with van der Waals surface area (Å²) in [5, 5.41) is 2.77. The first-order chi connectivity index (χ1) is 11.2. The second-order valence-electron chi connectivity index (χ2n) is 5.71. The van der Waals surface area contributed by atoms with Crippen molar-refractivity contribution in [3.8, 4) is 0 Å². The molecular formula is C16H20N6O. The Kier molecular flexibility index (Phi) is 4.87. The molecule has 2 unspecified atom stereocenters. The number of carbonyl (C=O) groups is 1. The average Bonchev–Trinajstić information content (AvgIpc) is 2.63. The fraction of sp³-hybridized carbons (Fsp3) is 0.438. The smallest absolute Gasteiger partial charge is 0.243 e. The van der Waals surface area contributed by atoms with Gasteiger partial charge in [0.2, 0.25) is 11.9 Å². The molecule has 120 valence electrons. The van der Waals surface area contributed by atoms with Crippen LogP contribution < -0.4 is 5.32 Å². The summed E-state index contributed by atoms with van der Waals surface area (Å²) >= 11 is 0. The molecule has 23 heavy (non-hydrogen) atoms. The normalized spacial score (nSPS) is 20.0. The first-order valence-corrected chi connectivity index (χ1v) is 7.82. The van der Waals surface area contributed by atoms with Crippen LogP contribution in [0.1, 0.15) is 31.4 Å². The molecule has 0 spiro atoms. The third-order valence-corrected chi connectivity index (χ3v) is 4.20. The summed E-state index contributed by atoms with van der Waals surface area (Å²) in [5.74, 6) is 0.600. The predicted molar refractivity (Wildman–Crippen MR) is 85.7 cm³/mol. The van der Waals surface area contributed by atoms with E-state index in [0.717, 1.165) is 31.6 Å². The molecule has 1 aliphatic heterocycles. The molecule has 7 nitrogen and oxygen atoms in total. The van der Waals surface area contributed by atoms with E-state index in [0.29, 0.717) is 11.9 Å². The summed E-state index contributed by atoms with van der Waals surface area (Å²) in [6.45, 7) is 3.65. The molecule has 1 N–H and O–H groups in total. The quantitative estimate of drug-likeness (QED) is 0.920. The topological polar surface area (TPSA) is 83.9 Å². The summed E-state index contributed by atoms with van der Waals surface area (Å²) in [7, 11) is 0. The van der Waals surface area contributed by atoms with Gasteiger partial charge in [-0.3, -0.25) is 15.0 Å². The first kappa shape index (κ1) is 15.5. The fourth-order valence-electron chi connectivity index (χ4n) is 2.89. The molecule has 0 saturated carbocycles. The van der Waals surface area contributed by atoms with E-state index in [1.54, 1.807) is 31.0 Å². The second-order valence-corrected chi connectivity index (χ2v) is 5.71. The maximum Gasteiger partial charge on any atom is 0.243 e. The summed E-state index contributed by atoms with van der Waals surface area (Å²) in [5.41, 5.74) is 1.05. The molecule has 1 saturated heterocycles. The molecule has 0 bridgehead atoms. The lowest BCUT2D eigenvalue weighted by Crippen LogP contribution is -2.46. The van der Waals surface area contributed by atoms with Crippen molar-refractivity contribution >= 4 is 11.9 Å². The summed E-state index contributed by atoms with van der Waals surface area (Å²) in [6.07, 6.45) is 8.71. The van der Waals surface area contributed by atoms with Crippen molar-refractivity contribution in [1.82, 2.24) is 24.8 Å².